The molecule has 0 spiro atoms. The van der Waals surface area contributed by atoms with Crippen molar-refractivity contribution in [3.8, 4) is 5.75 Å². The van der Waals surface area contributed by atoms with Crippen molar-refractivity contribution in [3.05, 3.63) is 93.8 Å². The maximum atomic E-state index is 11.3. The molecule has 6 heteroatoms. The summed E-state index contributed by atoms with van der Waals surface area (Å²) in [5.41, 5.74) is 8.04. The Morgan fingerprint density at radius 2 is 1.91 bits per heavy atom. The minimum Gasteiger partial charge on any atom is -0.550 e. The summed E-state index contributed by atoms with van der Waals surface area (Å²) >= 11 is 1.63. The molecule has 1 aromatic heterocycles. The summed E-state index contributed by atoms with van der Waals surface area (Å²) in [5, 5.41) is 11.3. The van der Waals surface area contributed by atoms with Gasteiger partial charge in [-0.3, -0.25) is 4.98 Å². The van der Waals surface area contributed by atoms with Crippen LogP contribution >= 0.6 is 11.8 Å². The van der Waals surface area contributed by atoms with E-state index < -0.39 is 11.9 Å². The number of carboxylic acid groups (broad SMARTS) is 1. The molecule has 0 N–H and O–H groups in total. The summed E-state index contributed by atoms with van der Waals surface area (Å²) in [6, 6.07) is 18.8. The van der Waals surface area contributed by atoms with Crippen LogP contribution in [0.1, 0.15) is 64.2 Å². The van der Waals surface area contributed by atoms with Gasteiger partial charge < -0.3 is 14.6 Å². The summed E-state index contributed by atoms with van der Waals surface area (Å²) in [4.78, 5) is 16.2. The average Bonchev–Trinajstić information content (AvgIpc) is 3.02. The fourth-order valence-electron chi connectivity index (χ4n) is 4.61. The first kappa shape index (κ1) is 26.0. The number of ether oxygens (including phenoxy) is 1. The zero-order valence-corrected chi connectivity index (χ0v) is 23.1. The molecular formula is C29H28NNaO3S. The van der Waals surface area contributed by atoms with Crippen LogP contribution in [0.2, 0.25) is 0 Å². The number of carbonyl (C=O) groups is 1. The number of carbonyl (C=O) groups excluding carboxylic acids is 1. The Bertz CT molecular complexity index is 1240. The van der Waals surface area contributed by atoms with Crippen LogP contribution < -0.4 is 39.4 Å². The number of benzene rings is 2. The Morgan fingerprint density at radius 1 is 1.09 bits per heavy atom. The van der Waals surface area contributed by atoms with Crippen molar-refractivity contribution < 1.29 is 44.2 Å². The second kappa shape index (κ2) is 11.8. The van der Waals surface area contributed by atoms with E-state index >= 15 is 0 Å². The van der Waals surface area contributed by atoms with E-state index in [-0.39, 0.29) is 34.8 Å². The predicted octanol–water partition coefficient (Wildman–Crippen LogP) is 2.24. The molecule has 5 rings (SSSR count). The molecule has 0 saturated carbocycles. The summed E-state index contributed by atoms with van der Waals surface area (Å²) < 4.78 is 6.16. The van der Waals surface area contributed by atoms with Crippen molar-refractivity contribution in [1.29, 1.82) is 0 Å². The first-order valence-corrected chi connectivity index (χ1v) is 13.0. The number of hydrogen-bond acceptors (Lipinski definition) is 5. The molecule has 0 amide bonds. The van der Waals surface area contributed by atoms with E-state index in [1.807, 2.05) is 18.2 Å². The van der Waals surface area contributed by atoms with Crippen molar-refractivity contribution in [2.45, 2.75) is 44.5 Å². The van der Waals surface area contributed by atoms with Crippen LogP contribution in [-0.2, 0) is 24.2 Å². The third-order valence-electron chi connectivity index (χ3n) is 6.60. The first-order chi connectivity index (χ1) is 16.6. The van der Waals surface area contributed by atoms with Gasteiger partial charge in [0.05, 0.1) is 10.9 Å². The van der Waals surface area contributed by atoms with Crippen LogP contribution in [0, 0.1) is 5.92 Å². The molecule has 2 aliphatic rings. The zero-order valence-electron chi connectivity index (χ0n) is 20.3. The second-order valence-corrected chi connectivity index (χ2v) is 10.2. The molecule has 1 aliphatic heterocycles. The third kappa shape index (κ3) is 6.03. The van der Waals surface area contributed by atoms with Gasteiger partial charge >= 0.3 is 29.6 Å². The number of fused-ring (bicyclic) bond motifs is 3. The number of rotatable bonds is 6. The quantitative estimate of drug-likeness (QED) is 0.493. The van der Waals surface area contributed by atoms with E-state index in [1.165, 1.54) is 29.7 Å². The summed E-state index contributed by atoms with van der Waals surface area (Å²) in [6.45, 7) is 2.21. The van der Waals surface area contributed by atoms with Crippen molar-refractivity contribution in [1.82, 2.24) is 4.98 Å². The largest absolute Gasteiger partial charge is 1.00 e. The Balaban J connectivity index is 0.00000289. The predicted molar refractivity (Wildman–Crippen MR) is 135 cm³/mol. The van der Waals surface area contributed by atoms with Gasteiger partial charge in [0.2, 0.25) is 0 Å². The van der Waals surface area contributed by atoms with Crippen LogP contribution in [0.25, 0.3) is 12.2 Å². The van der Waals surface area contributed by atoms with Gasteiger partial charge in [-0.15, -0.1) is 11.8 Å². The molecule has 35 heavy (non-hydrogen) atoms. The van der Waals surface area contributed by atoms with Gasteiger partial charge in [0.1, 0.15) is 12.4 Å². The van der Waals surface area contributed by atoms with Crippen LogP contribution in [0.3, 0.4) is 0 Å². The Labute approximate surface area is 233 Å². The molecule has 3 aromatic rings. The smallest absolute Gasteiger partial charge is 0.550 e. The number of hydrogen-bond donors (Lipinski definition) is 0. The van der Waals surface area contributed by atoms with E-state index in [4.69, 9.17) is 9.72 Å². The van der Waals surface area contributed by atoms with Crippen LogP contribution in [0.15, 0.2) is 54.6 Å². The molecule has 1 unspecified atom stereocenters. The first-order valence-electron chi connectivity index (χ1n) is 11.9. The number of pyridine rings is 1. The topological polar surface area (TPSA) is 62.2 Å². The summed E-state index contributed by atoms with van der Waals surface area (Å²) in [5.74, 6) is -0.221. The van der Waals surface area contributed by atoms with Crippen molar-refractivity contribution >= 4 is 29.9 Å². The van der Waals surface area contributed by atoms with E-state index in [1.54, 1.807) is 18.7 Å². The monoisotopic (exact) mass is 493 g/mol. The van der Waals surface area contributed by atoms with Crippen molar-refractivity contribution in [3.63, 3.8) is 0 Å². The Kier molecular flexibility index (Phi) is 8.77. The minimum atomic E-state index is -1.01. The van der Waals surface area contributed by atoms with Crippen molar-refractivity contribution in [2.75, 3.05) is 5.75 Å². The molecule has 0 saturated heterocycles. The number of aliphatic carboxylic acids is 1. The summed E-state index contributed by atoms with van der Waals surface area (Å²) in [6.07, 6.45) is 8.84. The Morgan fingerprint density at radius 3 is 2.77 bits per heavy atom. The maximum Gasteiger partial charge on any atom is 1.00 e. The molecule has 0 radical (unpaired) electrons. The molecule has 2 heterocycles. The van der Waals surface area contributed by atoms with E-state index in [2.05, 4.69) is 48.6 Å². The van der Waals surface area contributed by atoms with Gasteiger partial charge in [-0.25, -0.2) is 0 Å². The van der Waals surface area contributed by atoms with Crippen LogP contribution in [-0.4, -0.2) is 16.7 Å². The third-order valence-corrected chi connectivity index (χ3v) is 8.13. The van der Waals surface area contributed by atoms with E-state index in [9.17, 15) is 9.90 Å². The number of nitrogens with zero attached hydrogens (tertiary/aromatic N) is 1. The fourth-order valence-corrected chi connectivity index (χ4v) is 6.00. The van der Waals surface area contributed by atoms with Gasteiger partial charge in [0, 0.05) is 28.9 Å². The molecule has 174 valence electrons. The van der Waals surface area contributed by atoms with E-state index in [0.29, 0.717) is 12.4 Å². The fraction of sp³-hybridized carbons (Fsp3) is 0.310. The Hall–Kier alpha value is -2.05. The number of carboxylic acids is 1. The van der Waals surface area contributed by atoms with Gasteiger partial charge in [0.25, 0.3) is 0 Å². The van der Waals surface area contributed by atoms with Crippen LogP contribution in [0.5, 0.6) is 5.75 Å². The summed E-state index contributed by atoms with van der Waals surface area (Å²) in [7, 11) is 0. The number of thioether (sulfide) groups is 1. The number of aryl methyl sites for hydroxylation is 2. The zero-order chi connectivity index (χ0) is 23.5. The van der Waals surface area contributed by atoms with Gasteiger partial charge in [0.15, 0.2) is 0 Å². The van der Waals surface area contributed by atoms with E-state index in [0.717, 1.165) is 41.0 Å². The second-order valence-electron chi connectivity index (χ2n) is 9.10. The molecule has 2 atom stereocenters. The minimum absolute atomic E-state index is 0. The number of aromatic nitrogens is 1. The van der Waals surface area contributed by atoms with Gasteiger partial charge in [-0.05, 0) is 72.2 Å². The standard InChI is InChI=1S/C29H29NO3S.Na/c1-19(29(31)32)18-34-28-24-8-4-2-7-22(24)17-33-27-15-11-20(16-25(27)28)10-13-23-14-12-21-6-3-5-9-26(21)30-23;/h2,4,7-8,10-16,19,28H,3,5-6,9,17-18H2,1H3,(H,31,32);/q;+1/p-1/t19-,28?;/m0./s1. The molecule has 0 bridgehead atoms. The molecule has 1 aliphatic carbocycles. The van der Waals surface area contributed by atoms with Crippen molar-refractivity contribution in [2.24, 2.45) is 5.92 Å². The van der Waals surface area contributed by atoms with Gasteiger partial charge in [-0.2, -0.15) is 0 Å². The molecule has 2 aromatic carbocycles. The van der Waals surface area contributed by atoms with Gasteiger partial charge in [-0.1, -0.05) is 49.4 Å². The molecular weight excluding hydrogens is 465 g/mol. The van der Waals surface area contributed by atoms with Crippen LogP contribution in [0.4, 0.5) is 0 Å². The molecule has 4 nitrogen and oxygen atoms in total. The average molecular weight is 494 g/mol. The molecule has 0 fully saturated rings. The SMILES string of the molecule is C[C@@H](CSC1c2ccccc2COc2ccc(C=Cc3ccc4c(n3)CCCC4)cc21)C(=O)[O-].[Na+]. The maximum absolute atomic E-state index is 11.3. The normalized spacial score (nSPS) is 17.2.